The molecule has 110 valence electrons. The van der Waals surface area contributed by atoms with E-state index in [0.29, 0.717) is 24.1 Å². The fraction of sp³-hybridized carbons (Fsp3) is 0.286. The number of aromatic nitrogens is 3. The topological polar surface area (TPSA) is 97.1 Å². The summed E-state index contributed by atoms with van der Waals surface area (Å²) in [4.78, 5) is 26.7. The van der Waals surface area contributed by atoms with E-state index in [9.17, 15) is 9.59 Å². The number of nitrogens with one attached hydrogen (secondary N) is 1. The summed E-state index contributed by atoms with van der Waals surface area (Å²) >= 11 is 0. The number of rotatable bonds is 6. The van der Waals surface area contributed by atoms with Crippen LogP contribution in [0, 0.1) is 0 Å². The van der Waals surface area contributed by atoms with Crippen LogP contribution in [0.4, 0.5) is 0 Å². The van der Waals surface area contributed by atoms with Gasteiger partial charge in [0, 0.05) is 25.6 Å². The highest BCUT2D eigenvalue weighted by atomic mass is 16.4. The maximum Gasteiger partial charge on any atom is 0.307 e. The van der Waals surface area contributed by atoms with Crippen molar-refractivity contribution in [2.75, 3.05) is 6.54 Å². The molecule has 0 bridgehead atoms. The van der Waals surface area contributed by atoms with Crippen LogP contribution in [0.5, 0.6) is 0 Å². The van der Waals surface area contributed by atoms with E-state index in [4.69, 9.17) is 5.11 Å². The summed E-state index contributed by atoms with van der Waals surface area (Å²) in [6.45, 7) is 0.439. The number of hydrogen-bond donors (Lipinski definition) is 2. The zero-order valence-electron chi connectivity index (χ0n) is 11.6. The minimum absolute atomic E-state index is 0.0972. The second-order valence-corrected chi connectivity index (χ2v) is 4.58. The van der Waals surface area contributed by atoms with Crippen LogP contribution in [0.3, 0.4) is 0 Å². The van der Waals surface area contributed by atoms with Gasteiger partial charge in [0.1, 0.15) is 12.2 Å². The van der Waals surface area contributed by atoms with Crippen LogP contribution in [0.2, 0.25) is 0 Å². The molecule has 2 aromatic rings. The molecule has 0 aliphatic carbocycles. The molecule has 1 amide bonds. The molecule has 21 heavy (non-hydrogen) atoms. The van der Waals surface area contributed by atoms with Gasteiger partial charge in [-0.3, -0.25) is 14.3 Å². The second-order valence-electron chi connectivity index (χ2n) is 4.58. The molecule has 2 rings (SSSR count). The molecule has 2 N–H and O–H groups in total. The lowest BCUT2D eigenvalue weighted by Crippen LogP contribution is -2.26. The van der Waals surface area contributed by atoms with Crippen LogP contribution >= 0.6 is 0 Å². The molecule has 0 spiro atoms. The minimum atomic E-state index is -0.921. The number of benzene rings is 1. The van der Waals surface area contributed by atoms with Gasteiger partial charge >= 0.3 is 5.97 Å². The summed E-state index contributed by atoms with van der Waals surface area (Å²) in [6, 6.07) is 6.61. The molecule has 0 atom stereocenters. The van der Waals surface area contributed by atoms with E-state index in [-0.39, 0.29) is 12.3 Å². The van der Waals surface area contributed by atoms with Crippen LogP contribution in [0.25, 0.3) is 0 Å². The summed E-state index contributed by atoms with van der Waals surface area (Å²) in [7, 11) is 1.79. The average molecular weight is 288 g/mol. The van der Waals surface area contributed by atoms with E-state index in [1.807, 2.05) is 0 Å². The molecule has 7 heteroatoms. The van der Waals surface area contributed by atoms with Gasteiger partial charge in [0.2, 0.25) is 0 Å². The van der Waals surface area contributed by atoms with Gasteiger partial charge in [0.05, 0.1) is 6.42 Å². The summed E-state index contributed by atoms with van der Waals surface area (Å²) in [5, 5.41) is 15.5. The van der Waals surface area contributed by atoms with Crippen molar-refractivity contribution in [2.45, 2.75) is 12.8 Å². The van der Waals surface area contributed by atoms with Crippen molar-refractivity contribution < 1.29 is 14.7 Å². The predicted molar refractivity (Wildman–Crippen MR) is 74.8 cm³/mol. The van der Waals surface area contributed by atoms with E-state index in [2.05, 4.69) is 15.4 Å². The number of aliphatic carboxylic acids is 1. The van der Waals surface area contributed by atoms with Gasteiger partial charge in [0.15, 0.2) is 0 Å². The standard InChI is InChI=1S/C14H16N4O3/c1-18-12(16-9-17-18)5-6-15-14(21)11-4-2-3-10(7-11)8-13(19)20/h2-4,7,9H,5-6,8H2,1H3,(H,15,21)(H,19,20). The third-order valence-corrected chi connectivity index (χ3v) is 2.98. The highest BCUT2D eigenvalue weighted by molar-refractivity contribution is 5.94. The Kier molecular flexibility index (Phi) is 4.65. The first-order valence-corrected chi connectivity index (χ1v) is 6.48. The minimum Gasteiger partial charge on any atom is -0.481 e. The number of aryl methyl sites for hydroxylation is 1. The maximum atomic E-state index is 12.0. The van der Waals surface area contributed by atoms with Crippen molar-refractivity contribution in [3.8, 4) is 0 Å². The van der Waals surface area contributed by atoms with Crippen molar-refractivity contribution in [1.29, 1.82) is 0 Å². The molecule has 0 aliphatic heterocycles. The van der Waals surface area contributed by atoms with Crippen LogP contribution in [0.15, 0.2) is 30.6 Å². The summed E-state index contributed by atoms with van der Waals surface area (Å²) < 4.78 is 1.65. The Hall–Kier alpha value is -2.70. The first-order valence-electron chi connectivity index (χ1n) is 6.48. The number of carboxylic acid groups (broad SMARTS) is 1. The Morgan fingerprint density at radius 3 is 2.86 bits per heavy atom. The molecule has 0 unspecified atom stereocenters. The average Bonchev–Trinajstić information content (AvgIpc) is 2.84. The lowest BCUT2D eigenvalue weighted by atomic mass is 10.1. The number of carbonyl (C=O) groups is 2. The van der Waals surface area contributed by atoms with Crippen LogP contribution in [-0.2, 0) is 24.7 Å². The molecule has 0 saturated carbocycles. The Balaban J connectivity index is 1.91. The van der Waals surface area contributed by atoms with Gasteiger partial charge in [-0.25, -0.2) is 4.98 Å². The monoisotopic (exact) mass is 288 g/mol. The normalized spacial score (nSPS) is 10.3. The van der Waals surface area contributed by atoms with Crippen molar-refractivity contribution in [3.05, 3.63) is 47.5 Å². The highest BCUT2D eigenvalue weighted by Crippen LogP contribution is 2.06. The molecule has 0 radical (unpaired) electrons. The molecule has 0 fully saturated rings. The zero-order valence-corrected chi connectivity index (χ0v) is 11.6. The van der Waals surface area contributed by atoms with E-state index >= 15 is 0 Å². The van der Waals surface area contributed by atoms with Gasteiger partial charge in [-0.05, 0) is 17.7 Å². The summed E-state index contributed by atoms with van der Waals surface area (Å²) in [5.74, 6) is -0.367. The largest absolute Gasteiger partial charge is 0.481 e. The molecule has 1 heterocycles. The SMILES string of the molecule is Cn1ncnc1CCNC(=O)c1cccc(CC(=O)O)c1. The number of carbonyl (C=O) groups excluding carboxylic acids is 1. The van der Waals surface area contributed by atoms with Gasteiger partial charge in [-0.1, -0.05) is 12.1 Å². The van der Waals surface area contributed by atoms with Crippen LogP contribution in [-0.4, -0.2) is 38.3 Å². The molecule has 7 nitrogen and oxygen atoms in total. The van der Waals surface area contributed by atoms with E-state index in [1.54, 1.807) is 36.0 Å². The lowest BCUT2D eigenvalue weighted by Gasteiger charge is -2.06. The first-order chi connectivity index (χ1) is 10.1. The fourth-order valence-electron chi connectivity index (χ4n) is 1.93. The van der Waals surface area contributed by atoms with Crippen molar-refractivity contribution >= 4 is 11.9 Å². The Morgan fingerprint density at radius 2 is 2.19 bits per heavy atom. The lowest BCUT2D eigenvalue weighted by molar-refractivity contribution is -0.136. The van der Waals surface area contributed by atoms with E-state index in [1.165, 1.54) is 6.33 Å². The third-order valence-electron chi connectivity index (χ3n) is 2.98. The Morgan fingerprint density at radius 1 is 1.38 bits per heavy atom. The summed E-state index contributed by atoms with van der Waals surface area (Å²) in [5.41, 5.74) is 1.05. The van der Waals surface area contributed by atoms with Gasteiger partial charge in [-0.15, -0.1) is 0 Å². The number of hydrogen-bond acceptors (Lipinski definition) is 4. The molecule has 1 aromatic heterocycles. The third kappa shape index (κ3) is 4.13. The van der Waals surface area contributed by atoms with Gasteiger partial charge < -0.3 is 10.4 Å². The van der Waals surface area contributed by atoms with Gasteiger partial charge in [0.25, 0.3) is 5.91 Å². The first kappa shape index (κ1) is 14.7. The molecule has 0 aliphatic rings. The van der Waals surface area contributed by atoms with Crippen molar-refractivity contribution in [2.24, 2.45) is 7.05 Å². The predicted octanol–water partition coefficient (Wildman–Crippen LogP) is 0.415. The summed E-state index contributed by atoms with van der Waals surface area (Å²) in [6.07, 6.45) is 1.95. The van der Waals surface area contributed by atoms with E-state index < -0.39 is 5.97 Å². The maximum absolute atomic E-state index is 12.0. The van der Waals surface area contributed by atoms with Crippen LogP contribution in [0.1, 0.15) is 21.7 Å². The highest BCUT2D eigenvalue weighted by Gasteiger charge is 2.08. The smallest absolute Gasteiger partial charge is 0.307 e. The second kappa shape index (κ2) is 6.65. The number of amides is 1. The number of nitrogens with zero attached hydrogens (tertiary/aromatic N) is 3. The number of carboxylic acids is 1. The van der Waals surface area contributed by atoms with Crippen molar-refractivity contribution in [3.63, 3.8) is 0 Å². The van der Waals surface area contributed by atoms with Gasteiger partial charge in [-0.2, -0.15) is 5.10 Å². The van der Waals surface area contributed by atoms with Crippen molar-refractivity contribution in [1.82, 2.24) is 20.1 Å². The zero-order chi connectivity index (χ0) is 15.2. The Bertz CT molecular complexity index is 651. The van der Waals surface area contributed by atoms with E-state index in [0.717, 1.165) is 5.82 Å². The molecular formula is C14H16N4O3. The fourth-order valence-corrected chi connectivity index (χ4v) is 1.93. The molecule has 0 saturated heterocycles. The molecular weight excluding hydrogens is 272 g/mol. The quantitative estimate of drug-likeness (QED) is 0.802. The Labute approximate surface area is 121 Å². The molecule has 1 aromatic carbocycles. The van der Waals surface area contributed by atoms with Crippen LogP contribution < -0.4 is 5.32 Å².